The highest BCUT2D eigenvalue weighted by Crippen LogP contribution is 2.38. The molecule has 5 nitrogen and oxygen atoms in total. The molecule has 21 heavy (non-hydrogen) atoms. The van der Waals surface area contributed by atoms with Crippen molar-refractivity contribution in [1.29, 1.82) is 0 Å². The zero-order chi connectivity index (χ0) is 15.4. The van der Waals surface area contributed by atoms with Gasteiger partial charge < -0.3 is 16.0 Å². The standard InChI is InChI=1S/C16H23N3O2/c1-10-7-14(10)16(21)19-13-6-4-5-12(8-13)15(20)18-9-11(2)17-3/h4-6,8,10-11,14,17H,7,9H2,1-3H3,(H,18,20)(H,19,21). The number of hydrogen-bond acceptors (Lipinski definition) is 3. The number of carbonyl (C=O) groups is 2. The van der Waals surface area contributed by atoms with Gasteiger partial charge in [0.1, 0.15) is 0 Å². The van der Waals surface area contributed by atoms with Gasteiger partial charge in [0.25, 0.3) is 5.91 Å². The molecule has 3 unspecified atom stereocenters. The summed E-state index contributed by atoms with van der Waals surface area (Å²) in [5, 5.41) is 8.79. The summed E-state index contributed by atoms with van der Waals surface area (Å²) in [4.78, 5) is 23.9. The van der Waals surface area contributed by atoms with Gasteiger partial charge in [-0.15, -0.1) is 0 Å². The number of benzene rings is 1. The highest BCUT2D eigenvalue weighted by atomic mass is 16.2. The summed E-state index contributed by atoms with van der Waals surface area (Å²) in [6, 6.07) is 7.26. The van der Waals surface area contributed by atoms with Gasteiger partial charge in [0, 0.05) is 29.8 Å². The van der Waals surface area contributed by atoms with E-state index in [0.717, 1.165) is 6.42 Å². The maximum absolute atomic E-state index is 12.0. The van der Waals surface area contributed by atoms with Crippen molar-refractivity contribution in [3.8, 4) is 0 Å². The molecule has 0 spiro atoms. The minimum atomic E-state index is -0.131. The van der Waals surface area contributed by atoms with Gasteiger partial charge in [-0.05, 0) is 44.5 Å². The molecule has 0 heterocycles. The van der Waals surface area contributed by atoms with E-state index in [-0.39, 0.29) is 23.8 Å². The number of amides is 2. The van der Waals surface area contributed by atoms with Gasteiger partial charge >= 0.3 is 0 Å². The van der Waals surface area contributed by atoms with Gasteiger partial charge in [0.15, 0.2) is 0 Å². The lowest BCUT2D eigenvalue weighted by Gasteiger charge is -2.12. The van der Waals surface area contributed by atoms with Crippen LogP contribution >= 0.6 is 0 Å². The topological polar surface area (TPSA) is 70.2 Å². The molecule has 1 fully saturated rings. The van der Waals surface area contributed by atoms with Gasteiger partial charge in [0.2, 0.25) is 5.91 Å². The van der Waals surface area contributed by atoms with Crippen molar-refractivity contribution >= 4 is 17.5 Å². The second-order valence-electron chi connectivity index (χ2n) is 5.79. The van der Waals surface area contributed by atoms with Crippen molar-refractivity contribution in [3.05, 3.63) is 29.8 Å². The summed E-state index contributed by atoms with van der Waals surface area (Å²) in [6.07, 6.45) is 0.952. The Morgan fingerprint density at radius 2 is 2.10 bits per heavy atom. The molecule has 1 aromatic rings. The molecule has 0 aromatic heterocycles. The third kappa shape index (κ3) is 4.29. The van der Waals surface area contributed by atoms with Crippen molar-refractivity contribution in [2.45, 2.75) is 26.3 Å². The van der Waals surface area contributed by atoms with Crippen LogP contribution in [0.15, 0.2) is 24.3 Å². The van der Waals surface area contributed by atoms with E-state index in [9.17, 15) is 9.59 Å². The number of anilines is 1. The fourth-order valence-corrected chi connectivity index (χ4v) is 2.11. The van der Waals surface area contributed by atoms with Crippen molar-refractivity contribution < 1.29 is 9.59 Å². The van der Waals surface area contributed by atoms with Gasteiger partial charge in [-0.25, -0.2) is 0 Å². The van der Waals surface area contributed by atoms with Crippen LogP contribution in [-0.2, 0) is 4.79 Å². The Kier molecular flexibility index (Phi) is 4.96. The van der Waals surface area contributed by atoms with E-state index in [4.69, 9.17) is 0 Å². The molecule has 1 aliphatic rings. The first kappa shape index (κ1) is 15.5. The number of hydrogen-bond donors (Lipinski definition) is 3. The van der Waals surface area contributed by atoms with E-state index in [1.54, 1.807) is 24.3 Å². The molecule has 5 heteroatoms. The smallest absolute Gasteiger partial charge is 0.251 e. The normalized spacial score (nSPS) is 21.5. The van der Waals surface area contributed by atoms with Crippen molar-refractivity contribution in [2.75, 3.05) is 18.9 Å². The molecule has 1 aliphatic carbocycles. The van der Waals surface area contributed by atoms with Crippen LogP contribution < -0.4 is 16.0 Å². The van der Waals surface area contributed by atoms with E-state index in [1.807, 2.05) is 14.0 Å². The Bertz CT molecular complexity index is 530. The number of nitrogens with one attached hydrogen (secondary N) is 3. The zero-order valence-electron chi connectivity index (χ0n) is 12.8. The molecule has 114 valence electrons. The fraction of sp³-hybridized carbons (Fsp3) is 0.500. The van der Waals surface area contributed by atoms with Crippen molar-refractivity contribution in [3.63, 3.8) is 0 Å². The molecular weight excluding hydrogens is 266 g/mol. The molecule has 0 radical (unpaired) electrons. The maximum atomic E-state index is 12.0. The van der Waals surface area contributed by atoms with Crippen LogP contribution in [0.2, 0.25) is 0 Å². The van der Waals surface area contributed by atoms with Crippen LogP contribution in [0.1, 0.15) is 30.6 Å². The Balaban J connectivity index is 1.93. The first-order valence-corrected chi connectivity index (χ1v) is 7.37. The average molecular weight is 289 g/mol. The number of carbonyl (C=O) groups excluding carboxylic acids is 2. The van der Waals surface area contributed by atoms with Gasteiger partial charge in [-0.3, -0.25) is 9.59 Å². The van der Waals surface area contributed by atoms with E-state index in [0.29, 0.717) is 23.7 Å². The van der Waals surface area contributed by atoms with E-state index in [1.165, 1.54) is 0 Å². The van der Waals surface area contributed by atoms with E-state index < -0.39 is 0 Å². The number of rotatable bonds is 6. The van der Waals surface area contributed by atoms with E-state index in [2.05, 4.69) is 22.9 Å². The van der Waals surface area contributed by atoms with Crippen LogP contribution in [-0.4, -0.2) is 31.4 Å². The Morgan fingerprint density at radius 3 is 2.71 bits per heavy atom. The maximum Gasteiger partial charge on any atom is 0.251 e. The first-order valence-electron chi connectivity index (χ1n) is 7.37. The average Bonchev–Trinajstić information content (AvgIpc) is 3.21. The molecule has 2 amide bonds. The fourth-order valence-electron chi connectivity index (χ4n) is 2.11. The van der Waals surface area contributed by atoms with Crippen LogP contribution in [0, 0.1) is 11.8 Å². The Hall–Kier alpha value is -1.88. The highest BCUT2D eigenvalue weighted by molar-refractivity contribution is 5.98. The number of likely N-dealkylation sites (N-methyl/N-ethyl adjacent to an activating group) is 1. The van der Waals surface area contributed by atoms with E-state index >= 15 is 0 Å². The van der Waals surface area contributed by atoms with Crippen LogP contribution in [0.25, 0.3) is 0 Å². The van der Waals surface area contributed by atoms with Crippen LogP contribution in [0.3, 0.4) is 0 Å². The molecule has 0 aliphatic heterocycles. The van der Waals surface area contributed by atoms with Crippen molar-refractivity contribution in [2.24, 2.45) is 11.8 Å². The first-order chi connectivity index (χ1) is 10.0. The van der Waals surface area contributed by atoms with Crippen LogP contribution in [0.5, 0.6) is 0 Å². The lowest BCUT2D eigenvalue weighted by Crippen LogP contribution is -2.37. The second-order valence-corrected chi connectivity index (χ2v) is 5.79. The van der Waals surface area contributed by atoms with Gasteiger partial charge in [0.05, 0.1) is 0 Å². The largest absolute Gasteiger partial charge is 0.350 e. The minimum Gasteiger partial charge on any atom is -0.350 e. The van der Waals surface area contributed by atoms with Crippen molar-refractivity contribution in [1.82, 2.24) is 10.6 Å². The molecule has 0 saturated heterocycles. The van der Waals surface area contributed by atoms with Gasteiger partial charge in [-0.2, -0.15) is 0 Å². The summed E-state index contributed by atoms with van der Waals surface area (Å²) in [6.45, 7) is 4.62. The molecule has 1 saturated carbocycles. The summed E-state index contributed by atoms with van der Waals surface area (Å²) in [7, 11) is 1.85. The monoisotopic (exact) mass is 289 g/mol. The molecule has 2 rings (SSSR count). The Labute approximate surface area is 125 Å². The van der Waals surface area contributed by atoms with Gasteiger partial charge in [-0.1, -0.05) is 13.0 Å². The predicted octanol–water partition coefficient (Wildman–Crippen LogP) is 1.62. The highest BCUT2D eigenvalue weighted by Gasteiger charge is 2.39. The predicted molar refractivity (Wildman–Crippen MR) is 83.2 cm³/mol. The SMILES string of the molecule is CNC(C)CNC(=O)c1cccc(NC(=O)C2CC2C)c1. The third-order valence-corrected chi connectivity index (χ3v) is 3.90. The Morgan fingerprint density at radius 1 is 1.38 bits per heavy atom. The minimum absolute atomic E-state index is 0.0452. The lowest BCUT2D eigenvalue weighted by atomic mass is 10.1. The molecular formula is C16H23N3O2. The molecule has 1 aromatic carbocycles. The summed E-state index contributed by atoms with van der Waals surface area (Å²) >= 11 is 0. The summed E-state index contributed by atoms with van der Waals surface area (Å²) in [5.41, 5.74) is 1.23. The molecule has 0 bridgehead atoms. The molecule has 3 N–H and O–H groups in total. The zero-order valence-corrected chi connectivity index (χ0v) is 12.8. The summed E-state index contributed by atoms with van der Waals surface area (Å²) in [5.74, 6) is 0.510. The quantitative estimate of drug-likeness (QED) is 0.745. The third-order valence-electron chi connectivity index (χ3n) is 3.90. The molecule has 3 atom stereocenters. The second kappa shape index (κ2) is 6.72. The summed E-state index contributed by atoms with van der Waals surface area (Å²) < 4.78 is 0. The lowest BCUT2D eigenvalue weighted by molar-refractivity contribution is -0.117. The van der Waals surface area contributed by atoms with Crippen LogP contribution in [0.4, 0.5) is 5.69 Å².